The summed E-state index contributed by atoms with van der Waals surface area (Å²) in [6, 6.07) is 9.32. The molecule has 5 heteroatoms. The van der Waals surface area contributed by atoms with Crippen LogP contribution in [0, 0.1) is 6.92 Å². The molecule has 0 bridgehead atoms. The fourth-order valence-electron chi connectivity index (χ4n) is 3.94. The van der Waals surface area contributed by atoms with Crippen LogP contribution in [-0.4, -0.2) is 73.1 Å². The number of likely N-dealkylation sites (tertiary alicyclic amines) is 1. The van der Waals surface area contributed by atoms with Gasteiger partial charge in [-0.15, -0.1) is 0 Å². The number of hydrogen-bond donors (Lipinski definition) is 1. The Morgan fingerprint density at radius 1 is 1.16 bits per heavy atom. The first-order valence-electron chi connectivity index (χ1n) is 9.63. The van der Waals surface area contributed by atoms with Gasteiger partial charge in [-0.1, -0.05) is 24.3 Å². The van der Waals surface area contributed by atoms with E-state index in [0.29, 0.717) is 6.04 Å². The zero-order valence-electron chi connectivity index (χ0n) is 15.7. The number of hydrogen-bond acceptors (Lipinski definition) is 3. The first-order valence-corrected chi connectivity index (χ1v) is 9.63. The monoisotopic (exact) mass is 344 g/mol. The number of nitrogens with one attached hydrogen (secondary N) is 1. The number of amides is 2. The van der Waals surface area contributed by atoms with Crippen molar-refractivity contribution in [3.05, 3.63) is 35.4 Å². The van der Waals surface area contributed by atoms with Crippen molar-refractivity contribution in [2.75, 3.05) is 46.3 Å². The lowest BCUT2D eigenvalue weighted by atomic mass is 10.1. The Bertz CT molecular complexity index is 569. The van der Waals surface area contributed by atoms with Gasteiger partial charge in [0.25, 0.3) is 0 Å². The van der Waals surface area contributed by atoms with E-state index >= 15 is 0 Å². The van der Waals surface area contributed by atoms with E-state index in [1.165, 1.54) is 30.5 Å². The predicted octanol–water partition coefficient (Wildman–Crippen LogP) is 2.31. The van der Waals surface area contributed by atoms with E-state index in [4.69, 9.17) is 0 Å². The van der Waals surface area contributed by atoms with Crippen molar-refractivity contribution in [1.82, 2.24) is 20.0 Å². The van der Waals surface area contributed by atoms with E-state index in [0.717, 1.165) is 45.7 Å². The number of benzene rings is 1. The zero-order chi connectivity index (χ0) is 17.6. The summed E-state index contributed by atoms with van der Waals surface area (Å²) in [5, 5.41) is 3.12. The van der Waals surface area contributed by atoms with Crippen molar-refractivity contribution in [2.45, 2.75) is 38.8 Å². The van der Waals surface area contributed by atoms with Crippen LogP contribution in [0.3, 0.4) is 0 Å². The normalized spacial score (nSPS) is 22.3. The van der Waals surface area contributed by atoms with E-state index in [2.05, 4.69) is 53.4 Å². The molecule has 2 heterocycles. The molecular formula is C20H32N4O. The SMILES string of the molecule is Cc1ccccc1CN1CCN(C(=O)NCCC2CCCN2C)CC1. The van der Waals surface area contributed by atoms with E-state index in [-0.39, 0.29) is 6.03 Å². The number of urea groups is 1. The summed E-state index contributed by atoms with van der Waals surface area (Å²) in [5.74, 6) is 0. The molecule has 1 aromatic carbocycles. The lowest BCUT2D eigenvalue weighted by molar-refractivity contribution is 0.134. The van der Waals surface area contributed by atoms with Crippen LogP contribution in [0.25, 0.3) is 0 Å². The van der Waals surface area contributed by atoms with Gasteiger partial charge in [0.15, 0.2) is 0 Å². The van der Waals surface area contributed by atoms with Gasteiger partial charge < -0.3 is 15.1 Å². The molecule has 0 aliphatic carbocycles. The van der Waals surface area contributed by atoms with Crippen LogP contribution in [-0.2, 0) is 6.54 Å². The third-order valence-corrected chi connectivity index (χ3v) is 5.74. The summed E-state index contributed by atoms with van der Waals surface area (Å²) in [7, 11) is 2.19. The van der Waals surface area contributed by atoms with Crippen molar-refractivity contribution in [3.8, 4) is 0 Å². The van der Waals surface area contributed by atoms with Crippen molar-refractivity contribution in [2.24, 2.45) is 0 Å². The Hall–Kier alpha value is -1.59. The summed E-state index contributed by atoms with van der Waals surface area (Å²) < 4.78 is 0. The summed E-state index contributed by atoms with van der Waals surface area (Å²) in [6.45, 7) is 8.68. The maximum absolute atomic E-state index is 12.4. The van der Waals surface area contributed by atoms with Gasteiger partial charge in [0.1, 0.15) is 0 Å². The Balaban J connectivity index is 1.36. The molecule has 5 nitrogen and oxygen atoms in total. The van der Waals surface area contributed by atoms with Gasteiger partial charge in [-0.3, -0.25) is 4.90 Å². The van der Waals surface area contributed by atoms with Crippen molar-refractivity contribution >= 4 is 6.03 Å². The maximum atomic E-state index is 12.4. The Morgan fingerprint density at radius 2 is 1.92 bits per heavy atom. The van der Waals surface area contributed by atoms with E-state index in [1.54, 1.807) is 0 Å². The molecule has 3 rings (SSSR count). The summed E-state index contributed by atoms with van der Waals surface area (Å²) >= 11 is 0. The Kier molecular flexibility index (Phi) is 6.32. The van der Waals surface area contributed by atoms with Crippen LogP contribution in [0.1, 0.15) is 30.4 Å². The first-order chi connectivity index (χ1) is 12.1. The van der Waals surface area contributed by atoms with E-state index < -0.39 is 0 Å². The standard InChI is InChI=1S/C20H32N4O/c1-17-6-3-4-7-18(17)16-23-12-14-24(15-13-23)20(25)21-10-9-19-8-5-11-22(19)2/h3-4,6-7,19H,5,8-16H2,1-2H3,(H,21,25). The number of rotatable bonds is 5. The minimum absolute atomic E-state index is 0.108. The minimum atomic E-state index is 0.108. The van der Waals surface area contributed by atoms with E-state index in [9.17, 15) is 4.79 Å². The summed E-state index contributed by atoms with van der Waals surface area (Å²) in [4.78, 5) is 19.2. The third kappa shape index (κ3) is 4.95. The fraction of sp³-hybridized carbons (Fsp3) is 0.650. The number of aryl methyl sites for hydroxylation is 1. The van der Waals surface area contributed by atoms with Gasteiger partial charge in [-0.05, 0) is 50.9 Å². The topological polar surface area (TPSA) is 38.8 Å². The zero-order valence-corrected chi connectivity index (χ0v) is 15.7. The van der Waals surface area contributed by atoms with Crippen molar-refractivity contribution < 1.29 is 4.79 Å². The molecule has 2 amide bonds. The number of nitrogens with zero attached hydrogens (tertiary/aromatic N) is 3. The van der Waals surface area contributed by atoms with Gasteiger partial charge in [-0.25, -0.2) is 4.79 Å². The maximum Gasteiger partial charge on any atom is 0.317 e. The Labute approximate surface area is 152 Å². The molecule has 0 spiro atoms. The molecule has 0 saturated carbocycles. The molecule has 2 aliphatic rings. The quantitative estimate of drug-likeness (QED) is 0.891. The van der Waals surface area contributed by atoms with Crippen LogP contribution in [0.2, 0.25) is 0 Å². The first kappa shape index (κ1) is 18.2. The summed E-state index contributed by atoms with van der Waals surface area (Å²) in [6.07, 6.45) is 3.62. The van der Waals surface area contributed by atoms with Crippen molar-refractivity contribution in [1.29, 1.82) is 0 Å². The average molecular weight is 345 g/mol. The molecule has 138 valence electrons. The molecule has 1 aromatic rings. The largest absolute Gasteiger partial charge is 0.338 e. The highest BCUT2D eigenvalue weighted by molar-refractivity contribution is 5.74. The molecule has 2 fully saturated rings. The second-order valence-electron chi connectivity index (χ2n) is 7.49. The predicted molar refractivity (Wildman–Crippen MR) is 102 cm³/mol. The fourth-order valence-corrected chi connectivity index (χ4v) is 3.94. The molecule has 1 unspecified atom stereocenters. The third-order valence-electron chi connectivity index (χ3n) is 5.74. The molecule has 1 N–H and O–H groups in total. The molecule has 25 heavy (non-hydrogen) atoms. The highest BCUT2D eigenvalue weighted by Gasteiger charge is 2.23. The van der Waals surface area contributed by atoms with Crippen LogP contribution in [0.5, 0.6) is 0 Å². The molecule has 1 atom stereocenters. The second kappa shape index (κ2) is 8.68. The van der Waals surface area contributed by atoms with Crippen LogP contribution < -0.4 is 5.32 Å². The average Bonchev–Trinajstić information content (AvgIpc) is 3.02. The van der Waals surface area contributed by atoms with Crippen molar-refractivity contribution in [3.63, 3.8) is 0 Å². The number of piperazine rings is 1. The number of carbonyl (C=O) groups excluding carboxylic acids is 1. The smallest absolute Gasteiger partial charge is 0.317 e. The highest BCUT2D eigenvalue weighted by atomic mass is 16.2. The minimum Gasteiger partial charge on any atom is -0.338 e. The molecule has 2 saturated heterocycles. The summed E-state index contributed by atoms with van der Waals surface area (Å²) in [5.41, 5.74) is 2.74. The van der Waals surface area contributed by atoms with Crippen LogP contribution in [0.15, 0.2) is 24.3 Å². The second-order valence-corrected chi connectivity index (χ2v) is 7.49. The van der Waals surface area contributed by atoms with Gasteiger partial charge in [0.2, 0.25) is 0 Å². The number of carbonyl (C=O) groups is 1. The van der Waals surface area contributed by atoms with Crippen LogP contribution in [0.4, 0.5) is 4.79 Å². The molecule has 0 aromatic heterocycles. The van der Waals surface area contributed by atoms with Gasteiger partial charge in [0, 0.05) is 45.3 Å². The van der Waals surface area contributed by atoms with Gasteiger partial charge in [0.05, 0.1) is 0 Å². The lowest BCUT2D eigenvalue weighted by Crippen LogP contribution is -2.51. The molecule has 2 aliphatic heterocycles. The van der Waals surface area contributed by atoms with Crippen LogP contribution >= 0.6 is 0 Å². The highest BCUT2D eigenvalue weighted by Crippen LogP contribution is 2.17. The van der Waals surface area contributed by atoms with E-state index in [1.807, 2.05) is 4.90 Å². The molecule has 0 radical (unpaired) electrons. The van der Waals surface area contributed by atoms with Gasteiger partial charge in [-0.2, -0.15) is 0 Å². The molecular weight excluding hydrogens is 312 g/mol. The Morgan fingerprint density at radius 3 is 2.60 bits per heavy atom. The lowest BCUT2D eigenvalue weighted by Gasteiger charge is -2.35. The van der Waals surface area contributed by atoms with Gasteiger partial charge >= 0.3 is 6.03 Å².